The summed E-state index contributed by atoms with van der Waals surface area (Å²) < 4.78 is 0. The van der Waals surface area contributed by atoms with E-state index in [-0.39, 0.29) is 5.91 Å². The highest BCUT2D eigenvalue weighted by molar-refractivity contribution is 5.94. The van der Waals surface area contributed by atoms with Gasteiger partial charge in [-0.3, -0.25) is 4.79 Å². The van der Waals surface area contributed by atoms with Gasteiger partial charge in [-0.05, 0) is 62.5 Å². The van der Waals surface area contributed by atoms with Crippen LogP contribution in [0.3, 0.4) is 0 Å². The van der Waals surface area contributed by atoms with Gasteiger partial charge in [0.2, 0.25) is 5.91 Å². The van der Waals surface area contributed by atoms with Gasteiger partial charge in [0.15, 0.2) is 0 Å². The fraction of sp³-hybridized carbons (Fsp3) is 0.562. The number of nitrogens with zero attached hydrogens (tertiary/aromatic N) is 1. The average molecular weight is 273 g/mol. The summed E-state index contributed by atoms with van der Waals surface area (Å²) >= 11 is 0. The standard InChI is InChI=1S/C16H23N3O/c1-12(20)19-10-7-13-11-15(4-5-16(13)19)18-14-3-2-8-17-9-6-14/h4-5,11,14,17-18H,2-3,6-10H2,1H3. The first kappa shape index (κ1) is 13.4. The van der Waals surface area contributed by atoms with Crippen molar-refractivity contribution in [2.24, 2.45) is 0 Å². The average Bonchev–Trinajstić information content (AvgIpc) is 2.68. The first-order valence-electron chi connectivity index (χ1n) is 7.62. The lowest BCUT2D eigenvalue weighted by atomic mass is 10.1. The van der Waals surface area contributed by atoms with Crippen LogP contribution in [0.25, 0.3) is 0 Å². The molecule has 4 heteroatoms. The maximum Gasteiger partial charge on any atom is 0.223 e. The Kier molecular flexibility index (Phi) is 3.92. The molecule has 1 fully saturated rings. The number of hydrogen-bond donors (Lipinski definition) is 2. The van der Waals surface area contributed by atoms with E-state index >= 15 is 0 Å². The first-order valence-corrected chi connectivity index (χ1v) is 7.62. The Labute approximate surface area is 120 Å². The van der Waals surface area contributed by atoms with Crippen molar-refractivity contribution in [2.45, 2.75) is 38.6 Å². The van der Waals surface area contributed by atoms with Gasteiger partial charge in [-0.15, -0.1) is 0 Å². The molecular weight excluding hydrogens is 250 g/mol. The second-order valence-corrected chi connectivity index (χ2v) is 5.79. The predicted octanol–water partition coefficient (Wildman–Crippen LogP) is 2.15. The number of carbonyl (C=O) groups is 1. The molecule has 108 valence electrons. The van der Waals surface area contributed by atoms with E-state index in [0.29, 0.717) is 6.04 Å². The fourth-order valence-electron chi connectivity index (χ4n) is 3.22. The van der Waals surface area contributed by atoms with Crippen LogP contribution in [0.1, 0.15) is 31.7 Å². The van der Waals surface area contributed by atoms with E-state index in [2.05, 4.69) is 28.8 Å². The van der Waals surface area contributed by atoms with Crippen molar-refractivity contribution in [3.05, 3.63) is 23.8 Å². The molecule has 20 heavy (non-hydrogen) atoms. The summed E-state index contributed by atoms with van der Waals surface area (Å²) in [6, 6.07) is 6.98. The fourth-order valence-corrected chi connectivity index (χ4v) is 3.22. The third-order valence-electron chi connectivity index (χ3n) is 4.30. The molecule has 1 amide bonds. The van der Waals surface area contributed by atoms with E-state index in [1.165, 1.54) is 30.5 Å². The highest BCUT2D eigenvalue weighted by atomic mass is 16.2. The van der Waals surface area contributed by atoms with Crippen molar-refractivity contribution >= 4 is 17.3 Å². The molecule has 1 unspecified atom stereocenters. The van der Waals surface area contributed by atoms with Gasteiger partial charge >= 0.3 is 0 Å². The van der Waals surface area contributed by atoms with E-state index in [1.807, 2.05) is 4.90 Å². The van der Waals surface area contributed by atoms with Crippen LogP contribution >= 0.6 is 0 Å². The molecule has 0 bridgehead atoms. The van der Waals surface area contributed by atoms with Crippen molar-refractivity contribution < 1.29 is 4.79 Å². The molecule has 1 atom stereocenters. The summed E-state index contributed by atoms with van der Waals surface area (Å²) in [6.07, 6.45) is 4.61. The molecule has 0 saturated carbocycles. The molecule has 3 rings (SSSR count). The zero-order valence-corrected chi connectivity index (χ0v) is 12.1. The van der Waals surface area contributed by atoms with Crippen molar-refractivity contribution in [1.82, 2.24) is 5.32 Å². The SMILES string of the molecule is CC(=O)N1CCc2cc(NC3CCCNCC3)ccc21. The maximum atomic E-state index is 11.6. The Balaban J connectivity index is 1.71. The van der Waals surface area contributed by atoms with Crippen LogP contribution in [-0.4, -0.2) is 31.6 Å². The summed E-state index contributed by atoms with van der Waals surface area (Å²) in [5, 5.41) is 7.09. The Morgan fingerprint density at radius 2 is 2.25 bits per heavy atom. The number of amides is 1. The van der Waals surface area contributed by atoms with E-state index in [0.717, 1.165) is 31.7 Å². The minimum absolute atomic E-state index is 0.138. The van der Waals surface area contributed by atoms with Gasteiger partial charge in [0.25, 0.3) is 0 Å². The monoisotopic (exact) mass is 273 g/mol. The lowest BCUT2D eigenvalue weighted by Crippen LogP contribution is -2.25. The van der Waals surface area contributed by atoms with Crippen molar-refractivity contribution in [1.29, 1.82) is 0 Å². The predicted molar refractivity (Wildman–Crippen MR) is 82.3 cm³/mol. The van der Waals surface area contributed by atoms with Gasteiger partial charge in [0, 0.05) is 30.9 Å². The van der Waals surface area contributed by atoms with Crippen LogP contribution in [0.15, 0.2) is 18.2 Å². The Morgan fingerprint density at radius 3 is 3.10 bits per heavy atom. The molecule has 2 aliphatic rings. The van der Waals surface area contributed by atoms with Gasteiger partial charge in [0.05, 0.1) is 0 Å². The zero-order valence-electron chi connectivity index (χ0n) is 12.1. The van der Waals surface area contributed by atoms with E-state index < -0.39 is 0 Å². The highest BCUT2D eigenvalue weighted by Gasteiger charge is 2.22. The number of fused-ring (bicyclic) bond motifs is 1. The zero-order chi connectivity index (χ0) is 13.9. The highest BCUT2D eigenvalue weighted by Crippen LogP contribution is 2.31. The molecule has 1 aromatic carbocycles. The number of anilines is 2. The quantitative estimate of drug-likeness (QED) is 0.868. The molecule has 2 N–H and O–H groups in total. The molecule has 1 saturated heterocycles. The Hall–Kier alpha value is -1.55. The molecule has 2 aliphatic heterocycles. The van der Waals surface area contributed by atoms with Gasteiger partial charge in [-0.2, -0.15) is 0 Å². The minimum atomic E-state index is 0.138. The van der Waals surface area contributed by atoms with Crippen molar-refractivity contribution in [2.75, 3.05) is 29.9 Å². The van der Waals surface area contributed by atoms with Crippen LogP contribution in [-0.2, 0) is 11.2 Å². The summed E-state index contributed by atoms with van der Waals surface area (Å²) in [7, 11) is 0. The molecule has 0 spiro atoms. The molecule has 1 aromatic rings. The number of nitrogens with one attached hydrogen (secondary N) is 2. The van der Waals surface area contributed by atoms with Gasteiger partial charge < -0.3 is 15.5 Å². The van der Waals surface area contributed by atoms with E-state index in [4.69, 9.17) is 0 Å². The first-order chi connectivity index (χ1) is 9.74. The van der Waals surface area contributed by atoms with Crippen LogP contribution < -0.4 is 15.5 Å². The Bertz CT molecular complexity index is 492. The molecular formula is C16H23N3O. The van der Waals surface area contributed by atoms with Gasteiger partial charge in [-0.25, -0.2) is 0 Å². The third kappa shape index (κ3) is 2.80. The second-order valence-electron chi connectivity index (χ2n) is 5.79. The Morgan fingerprint density at radius 1 is 1.35 bits per heavy atom. The van der Waals surface area contributed by atoms with Gasteiger partial charge in [-0.1, -0.05) is 0 Å². The van der Waals surface area contributed by atoms with Crippen LogP contribution in [0, 0.1) is 0 Å². The van der Waals surface area contributed by atoms with Crippen LogP contribution in [0.5, 0.6) is 0 Å². The van der Waals surface area contributed by atoms with E-state index in [9.17, 15) is 4.79 Å². The minimum Gasteiger partial charge on any atom is -0.382 e. The number of rotatable bonds is 2. The number of hydrogen-bond acceptors (Lipinski definition) is 3. The van der Waals surface area contributed by atoms with Crippen LogP contribution in [0.4, 0.5) is 11.4 Å². The molecule has 0 radical (unpaired) electrons. The second kappa shape index (κ2) is 5.83. The van der Waals surface area contributed by atoms with Gasteiger partial charge in [0.1, 0.15) is 0 Å². The molecule has 0 aromatic heterocycles. The topological polar surface area (TPSA) is 44.4 Å². The molecule has 4 nitrogen and oxygen atoms in total. The van der Waals surface area contributed by atoms with Crippen molar-refractivity contribution in [3.8, 4) is 0 Å². The largest absolute Gasteiger partial charge is 0.382 e. The summed E-state index contributed by atoms with van der Waals surface area (Å²) in [5.41, 5.74) is 3.57. The maximum absolute atomic E-state index is 11.6. The lowest BCUT2D eigenvalue weighted by Gasteiger charge is -2.19. The summed E-state index contributed by atoms with van der Waals surface area (Å²) in [4.78, 5) is 13.4. The molecule has 0 aliphatic carbocycles. The third-order valence-corrected chi connectivity index (χ3v) is 4.30. The van der Waals surface area contributed by atoms with Crippen molar-refractivity contribution in [3.63, 3.8) is 0 Å². The smallest absolute Gasteiger partial charge is 0.223 e. The number of carbonyl (C=O) groups excluding carboxylic acids is 1. The normalized spacial score (nSPS) is 22.2. The summed E-state index contributed by atoms with van der Waals surface area (Å²) in [5.74, 6) is 0.138. The van der Waals surface area contributed by atoms with E-state index in [1.54, 1.807) is 6.92 Å². The lowest BCUT2D eigenvalue weighted by molar-refractivity contribution is -0.116. The number of benzene rings is 1. The molecule has 2 heterocycles. The van der Waals surface area contributed by atoms with Crippen LogP contribution in [0.2, 0.25) is 0 Å². The summed E-state index contributed by atoms with van der Waals surface area (Å²) in [6.45, 7) is 4.69.